The third kappa shape index (κ3) is 8.99. The summed E-state index contributed by atoms with van der Waals surface area (Å²) in [4.78, 5) is 9.77. The quantitative estimate of drug-likeness (QED) is 0.210. The fourth-order valence-corrected chi connectivity index (χ4v) is 3.58. The summed E-state index contributed by atoms with van der Waals surface area (Å²) in [5.41, 5.74) is 0. The van der Waals surface area contributed by atoms with Crippen LogP contribution >= 0.6 is 24.0 Å². The molecule has 29 heavy (non-hydrogen) atoms. The molecule has 0 aliphatic carbocycles. The molecule has 0 saturated carbocycles. The highest BCUT2D eigenvalue weighted by molar-refractivity contribution is 14.0. The van der Waals surface area contributed by atoms with Gasteiger partial charge in [0.25, 0.3) is 0 Å². The minimum Gasteiger partial charge on any atom is -0.497 e. The lowest BCUT2D eigenvalue weighted by atomic mass is 10.1. The highest BCUT2D eigenvalue weighted by Crippen LogP contribution is 2.19. The maximum absolute atomic E-state index is 5.81. The van der Waals surface area contributed by atoms with Gasteiger partial charge in [0, 0.05) is 45.2 Å². The second-order valence-electron chi connectivity index (χ2n) is 7.20. The van der Waals surface area contributed by atoms with Gasteiger partial charge in [0.15, 0.2) is 5.96 Å². The van der Waals surface area contributed by atoms with Crippen molar-refractivity contribution in [2.75, 3.05) is 59.5 Å². The van der Waals surface area contributed by atoms with E-state index < -0.39 is 0 Å². The first kappa shape index (κ1) is 25.8. The number of likely N-dealkylation sites (tertiary alicyclic amines) is 1. The van der Waals surface area contributed by atoms with E-state index >= 15 is 0 Å². The normalized spacial score (nSPS) is 16.7. The Morgan fingerprint density at radius 3 is 2.69 bits per heavy atom. The Balaban J connectivity index is 0.00000420. The summed E-state index contributed by atoms with van der Waals surface area (Å²) in [6, 6.07) is 7.73. The standard InChI is InChI=1S/C22H38N4O2.HI/c1-5-23-22(26-14-12-19(18-26)17-25(6-2)7-3)24-13-9-15-28-21-11-8-10-20(16-21)27-4;/h8,10-11,16,19H,5-7,9,12-15,17-18H2,1-4H3,(H,23,24);1H. The first-order valence-corrected chi connectivity index (χ1v) is 10.7. The lowest BCUT2D eigenvalue weighted by Gasteiger charge is -2.24. The van der Waals surface area contributed by atoms with E-state index in [1.165, 1.54) is 13.0 Å². The van der Waals surface area contributed by atoms with E-state index in [0.29, 0.717) is 6.61 Å². The molecule has 166 valence electrons. The van der Waals surface area contributed by atoms with Gasteiger partial charge in [-0.1, -0.05) is 19.9 Å². The molecule has 1 N–H and O–H groups in total. The van der Waals surface area contributed by atoms with Gasteiger partial charge in [-0.3, -0.25) is 4.99 Å². The number of methoxy groups -OCH3 is 1. The maximum atomic E-state index is 5.81. The minimum absolute atomic E-state index is 0. The number of hydrogen-bond acceptors (Lipinski definition) is 4. The average Bonchev–Trinajstić information content (AvgIpc) is 3.19. The van der Waals surface area contributed by atoms with E-state index in [-0.39, 0.29) is 24.0 Å². The Hall–Kier alpha value is -1.22. The molecule has 0 amide bonds. The maximum Gasteiger partial charge on any atom is 0.193 e. The Kier molecular flexibility index (Phi) is 13.1. The first-order valence-electron chi connectivity index (χ1n) is 10.7. The second kappa shape index (κ2) is 14.7. The Morgan fingerprint density at radius 1 is 1.24 bits per heavy atom. The van der Waals surface area contributed by atoms with Crippen LogP contribution < -0.4 is 14.8 Å². The molecule has 1 saturated heterocycles. The van der Waals surface area contributed by atoms with E-state index in [1.54, 1.807) is 7.11 Å². The van der Waals surface area contributed by atoms with Gasteiger partial charge < -0.3 is 24.6 Å². The van der Waals surface area contributed by atoms with Crippen molar-refractivity contribution in [2.24, 2.45) is 10.9 Å². The van der Waals surface area contributed by atoms with Gasteiger partial charge in [0.2, 0.25) is 0 Å². The predicted octanol–water partition coefficient (Wildman–Crippen LogP) is 3.71. The molecule has 1 aromatic carbocycles. The van der Waals surface area contributed by atoms with Gasteiger partial charge in [0.1, 0.15) is 11.5 Å². The molecule has 1 heterocycles. The largest absolute Gasteiger partial charge is 0.497 e. The smallest absolute Gasteiger partial charge is 0.193 e. The van der Waals surface area contributed by atoms with E-state index in [0.717, 1.165) is 69.1 Å². The summed E-state index contributed by atoms with van der Waals surface area (Å²) in [6.07, 6.45) is 2.14. The molecule has 0 aromatic heterocycles. The van der Waals surface area contributed by atoms with Crippen LogP contribution in [0.2, 0.25) is 0 Å². The zero-order valence-corrected chi connectivity index (χ0v) is 20.9. The highest BCUT2D eigenvalue weighted by Gasteiger charge is 2.25. The van der Waals surface area contributed by atoms with Gasteiger partial charge >= 0.3 is 0 Å². The number of aliphatic imine (C=N–C) groups is 1. The van der Waals surface area contributed by atoms with Crippen molar-refractivity contribution >= 4 is 29.9 Å². The van der Waals surface area contributed by atoms with Crippen molar-refractivity contribution in [3.8, 4) is 11.5 Å². The number of rotatable bonds is 11. The Bertz CT molecular complexity index is 596. The lowest BCUT2D eigenvalue weighted by Crippen LogP contribution is -2.41. The van der Waals surface area contributed by atoms with E-state index in [9.17, 15) is 0 Å². The topological polar surface area (TPSA) is 49.3 Å². The number of halogens is 1. The van der Waals surface area contributed by atoms with Gasteiger partial charge in [-0.15, -0.1) is 24.0 Å². The minimum atomic E-state index is 0. The Labute approximate surface area is 194 Å². The first-order chi connectivity index (χ1) is 13.7. The van der Waals surface area contributed by atoms with E-state index in [1.807, 2.05) is 24.3 Å². The number of ether oxygens (including phenoxy) is 2. The van der Waals surface area contributed by atoms with Gasteiger partial charge in [-0.2, -0.15) is 0 Å². The number of nitrogens with one attached hydrogen (secondary N) is 1. The van der Waals surface area contributed by atoms with Crippen molar-refractivity contribution in [1.82, 2.24) is 15.1 Å². The highest BCUT2D eigenvalue weighted by atomic mass is 127. The second-order valence-corrected chi connectivity index (χ2v) is 7.20. The average molecular weight is 518 g/mol. The zero-order valence-electron chi connectivity index (χ0n) is 18.5. The molecule has 0 bridgehead atoms. The lowest BCUT2D eigenvalue weighted by molar-refractivity contribution is 0.255. The predicted molar refractivity (Wildman–Crippen MR) is 132 cm³/mol. The van der Waals surface area contributed by atoms with Crippen LogP contribution in [0.4, 0.5) is 0 Å². The van der Waals surface area contributed by atoms with Crippen LogP contribution in [0.25, 0.3) is 0 Å². The fourth-order valence-electron chi connectivity index (χ4n) is 3.58. The van der Waals surface area contributed by atoms with Crippen LogP contribution in [0.3, 0.4) is 0 Å². The van der Waals surface area contributed by atoms with Gasteiger partial charge in [0.05, 0.1) is 13.7 Å². The summed E-state index contributed by atoms with van der Waals surface area (Å²) in [7, 11) is 1.67. The van der Waals surface area contributed by atoms with Crippen molar-refractivity contribution in [1.29, 1.82) is 0 Å². The third-order valence-electron chi connectivity index (χ3n) is 5.21. The number of hydrogen-bond donors (Lipinski definition) is 1. The van der Waals surface area contributed by atoms with Gasteiger partial charge in [-0.05, 0) is 44.5 Å². The molecule has 7 heteroatoms. The molecule has 1 fully saturated rings. The molecule has 1 aromatic rings. The molecule has 1 aliphatic heterocycles. The molecular weight excluding hydrogens is 479 g/mol. The summed E-state index contributed by atoms with van der Waals surface area (Å²) in [5, 5.41) is 3.46. The molecule has 0 radical (unpaired) electrons. The van der Waals surface area contributed by atoms with E-state index in [4.69, 9.17) is 14.5 Å². The molecule has 1 unspecified atom stereocenters. The summed E-state index contributed by atoms with van der Waals surface area (Å²) < 4.78 is 11.0. The molecule has 1 aliphatic rings. The van der Waals surface area contributed by atoms with Crippen molar-refractivity contribution in [3.63, 3.8) is 0 Å². The fraction of sp³-hybridized carbons (Fsp3) is 0.682. The van der Waals surface area contributed by atoms with Crippen molar-refractivity contribution in [3.05, 3.63) is 24.3 Å². The number of guanidine groups is 1. The SMILES string of the molecule is CCNC(=NCCCOc1cccc(OC)c1)N1CCC(CN(CC)CC)C1.I. The number of nitrogens with zero attached hydrogens (tertiary/aromatic N) is 3. The van der Waals surface area contributed by atoms with Crippen LogP contribution in [-0.2, 0) is 0 Å². The zero-order chi connectivity index (χ0) is 20.2. The summed E-state index contributed by atoms with van der Waals surface area (Å²) >= 11 is 0. The van der Waals surface area contributed by atoms with Crippen LogP contribution in [0, 0.1) is 5.92 Å². The molecular formula is C22H39IN4O2. The van der Waals surface area contributed by atoms with Gasteiger partial charge in [-0.25, -0.2) is 0 Å². The monoisotopic (exact) mass is 518 g/mol. The van der Waals surface area contributed by atoms with Crippen molar-refractivity contribution in [2.45, 2.75) is 33.6 Å². The molecule has 6 nitrogen and oxygen atoms in total. The Morgan fingerprint density at radius 2 is 2.00 bits per heavy atom. The molecule has 2 rings (SSSR count). The third-order valence-corrected chi connectivity index (χ3v) is 5.21. The van der Waals surface area contributed by atoms with E-state index in [2.05, 4.69) is 35.9 Å². The summed E-state index contributed by atoms with van der Waals surface area (Å²) in [6.45, 7) is 14.6. The number of benzene rings is 1. The molecule has 1 atom stereocenters. The molecule has 0 spiro atoms. The summed E-state index contributed by atoms with van der Waals surface area (Å²) in [5.74, 6) is 3.44. The van der Waals surface area contributed by atoms with Crippen molar-refractivity contribution < 1.29 is 9.47 Å². The van der Waals surface area contributed by atoms with Crippen LogP contribution in [0.15, 0.2) is 29.3 Å². The van der Waals surface area contributed by atoms with Crippen LogP contribution in [-0.4, -0.2) is 75.3 Å². The van der Waals surface area contributed by atoms with Crippen LogP contribution in [0.1, 0.15) is 33.6 Å². The van der Waals surface area contributed by atoms with Crippen LogP contribution in [0.5, 0.6) is 11.5 Å².